The molecule has 2 heterocycles. The molecule has 0 bridgehead atoms. The van der Waals surface area contributed by atoms with E-state index in [-0.39, 0.29) is 37.3 Å². The lowest BCUT2D eigenvalue weighted by Crippen LogP contribution is -2.30. The van der Waals surface area contributed by atoms with Crippen molar-refractivity contribution in [2.24, 2.45) is 5.92 Å². The summed E-state index contributed by atoms with van der Waals surface area (Å²) in [6.45, 7) is 2.74. The minimum Gasteiger partial charge on any atom is -0.486 e. The molecule has 4 rings (SSSR count). The van der Waals surface area contributed by atoms with Crippen molar-refractivity contribution in [3.63, 3.8) is 0 Å². The van der Waals surface area contributed by atoms with Gasteiger partial charge in [-0.1, -0.05) is 30.3 Å². The smallest absolute Gasteiger partial charge is 0.311 e. The minimum atomic E-state index is -0.572. The summed E-state index contributed by atoms with van der Waals surface area (Å²) >= 11 is 0. The van der Waals surface area contributed by atoms with Gasteiger partial charge in [0.2, 0.25) is 5.91 Å². The molecule has 1 fully saturated rings. The van der Waals surface area contributed by atoms with Crippen molar-refractivity contribution in [3.05, 3.63) is 59.7 Å². The van der Waals surface area contributed by atoms with E-state index in [2.05, 4.69) is 0 Å². The van der Waals surface area contributed by atoms with E-state index in [9.17, 15) is 14.4 Å². The van der Waals surface area contributed by atoms with Crippen LogP contribution in [-0.2, 0) is 14.3 Å². The molecule has 7 heteroatoms. The number of Topliss-reactive ketones (excluding diaryl/α,β-unsaturated/α-hetero) is 1. The maximum Gasteiger partial charge on any atom is 0.311 e. The monoisotopic (exact) mass is 409 g/mol. The predicted octanol–water partition coefficient (Wildman–Crippen LogP) is 2.79. The Morgan fingerprint density at radius 3 is 2.60 bits per heavy atom. The van der Waals surface area contributed by atoms with Crippen LogP contribution >= 0.6 is 0 Å². The molecule has 2 aliphatic rings. The fourth-order valence-electron chi connectivity index (χ4n) is 3.73. The van der Waals surface area contributed by atoms with Crippen molar-refractivity contribution in [2.75, 3.05) is 26.4 Å². The Kier molecular flexibility index (Phi) is 5.70. The van der Waals surface area contributed by atoms with Gasteiger partial charge in [-0.2, -0.15) is 0 Å². The van der Waals surface area contributed by atoms with Crippen LogP contribution in [-0.4, -0.2) is 48.9 Å². The molecule has 2 aromatic carbocycles. The fourth-order valence-corrected chi connectivity index (χ4v) is 3.73. The third-order valence-corrected chi connectivity index (χ3v) is 5.45. The van der Waals surface area contributed by atoms with Crippen LogP contribution < -0.4 is 9.47 Å². The van der Waals surface area contributed by atoms with Gasteiger partial charge in [-0.15, -0.1) is 0 Å². The Labute approximate surface area is 174 Å². The zero-order valence-corrected chi connectivity index (χ0v) is 16.7. The number of carbonyl (C=O) groups is 3. The second-order valence-corrected chi connectivity index (χ2v) is 7.42. The molecule has 1 saturated heterocycles. The summed E-state index contributed by atoms with van der Waals surface area (Å²) in [6.07, 6.45) is 0.0915. The van der Waals surface area contributed by atoms with Gasteiger partial charge in [0, 0.05) is 18.5 Å². The van der Waals surface area contributed by atoms with Gasteiger partial charge < -0.3 is 19.1 Å². The third-order valence-electron chi connectivity index (χ3n) is 5.45. The van der Waals surface area contributed by atoms with Crippen LogP contribution in [0.25, 0.3) is 0 Å². The average Bonchev–Trinajstić information content (AvgIpc) is 3.18. The molecule has 0 unspecified atom stereocenters. The van der Waals surface area contributed by atoms with Gasteiger partial charge in [0.1, 0.15) is 13.2 Å². The van der Waals surface area contributed by atoms with Gasteiger partial charge >= 0.3 is 5.97 Å². The molecule has 2 aliphatic heterocycles. The Morgan fingerprint density at radius 1 is 1.10 bits per heavy atom. The highest BCUT2D eigenvalue weighted by Crippen LogP contribution is 2.31. The molecule has 0 spiro atoms. The first-order valence-corrected chi connectivity index (χ1v) is 9.97. The van der Waals surface area contributed by atoms with Crippen LogP contribution in [0.3, 0.4) is 0 Å². The van der Waals surface area contributed by atoms with Crippen LogP contribution in [0.4, 0.5) is 0 Å². The zero-order chi connectivity index (χ0) is 21.1. The second kappa shape index (κ2) is 8.57. The molecule has 7 nitrogen and oxygen atoms in total. The normalized spacial score (nSPS) is 18.8. The molecular weight excluding hydrogens is 386 g/mol. The van der Waals surface area contributed by atoms with E-state index in [4.69, 9.17) is 14.2 Å². The van der Waals surface area contributed by atoms with Gasteiger partial charge in [-0.05, 0) is 30.7 Å². The number of carbonyl (C=O) groups excluding carboxylic acids is 3. The van der Waals surface area contributed by atoms with E-state index in [1.54, 1.807) is 23.1 Å². The number of nitrogens with zero attached hydrogens (tertiary/aromatic N) is 1. The summed E-state index contributed by atoms with van der Waals surface area (Å²) < 4.78 is 16.1. The number of esters is 1. The Bertz CT molecular complexity index is 957. The molecule has 156 valence electrons. The second-order valence-electron chi connectivity index (χ2n) is 7.42. The first-order valence-electron chi connectivity index (χ1n) is 9.97. The Hall–Kier alpha value is -3.35. The minimum absolute atomic E-state index is 0.0912. The van der Waals surface area contributed by atoms with Gasteiger partial charge in [-0.3, -0.25) is 14.4 Å². The number of ketones is 1. The lowest BCUT2D eigenvalue weighted by Gasteiger charge is -2.25. The Balaban J connectivity index is 1.33. The lowest BCUT2D eigenvalue weighted by molar-refractivity contribution is -0.147. The molecule has 2 aromatic rings. The van der Waals surface area contributed by atoms with Gasteiger partial charge in [0.05, 0.1) is 12.0 Å². The van der Waals surface area contributed by atoms with Crippen molar-refractivity contribution in [1.29, 1.82) is 0 Å². The number of hydrogen-bond donors (Lipinski definition) is 0. The van der Waals surface area contributed by atoms with Gasteiger partial charge in [0.15, 0.2) is 23.9 Å². The Morgan fingerprint density at radius 2 is 1.83 bits per heavy atom. The van der Waals surface area contributed by atoms with Crippen LogP contribution in [0.2, 0.25) is 0 Å². The number of benzene rings is 2. The number of hydrogen-bond acceptors (Lipinski definition) is 6. The van der Waals surface area contributed by atoms with Crippen molar-refractivity contribution in [3.8, 4) is 11.5 Å². The highest BCUT2D eigenvalue weighted by atomic mass is 16.6. The molecule has 0 radical (unpaired) electrons. The SMILES string of the molecule is C[C@H](c1ccccc1)N1C[C@@H](C(=O)OCC(=O)c2ccc3c(c2)OCCO3)CC1=O. The maximum atomic E-state index is 12.5. The maximum absolute atomic E-state index is 12.5. The van der Waals surface area contributed by atoms with Crippen molar-refractivity contribution in [2.45, 2.75) is 19.4 Å². The first-order chi connectivity index (χ1) is 14.5. The van der Waals surface area contributed by atoms with Crippen molar-refractivity contribution >= 4 is 17.7 Å². The number of fused-ring (bicyclic) bond motifs is 1. The van der Waals surface area contributed by atoms with Crippen molar-refractivity contribution in [1.82, 2.24) is 4.90 Å². The summed E-state index contributed by atoms with van der Waals surface area (Å²) in [5.74, 6) is -0.434. The standard InChI is InChI=1S/C23H23NO6/c1-15(16-5-3-2-4-6-16)24-13-18(12-22(24)26)23(27)30-14-19(25)17-7-8-20-21(11-17)29-10-9-28-20/h2-8,11,15,18H,9-10,12-14H2,1H3/t15-,18+/m1/s1. The highest BCUT2D eigenvalue weighted by molar-refractivity contribution is 5.99. The van der Waals surface area contributed by atoms with E-state index in [1.807, 2.05) is 37.3 Å². The molecule has 1 amide bonds. The van der Waals surface area contributed by atoms with E-state index in [0.29, 0.717) is 30.3 Å². The van der Waals surface area contributed by atoms with Crippen LogP contribution in [0.5, 0.6) is 11.5 Å². The molecule has 0 aromatic heterocycles. The summed E-state index contributed by atoms with van der Waals surface area (Å²) in [5.41, 5.74) is 1.39. The highest BCUT2D eigenvalue weighted by Gasteiger charge is 2.38. The molecule has 30 heavy (non-hydrogen) atoms. The molecule has 0 aliphatic carbocycles. The number of ether oxygens (including phenoxy) is 3. The van der Waals surface area contributed by atoms with Gasteiger partial charge in [0.25, 0.3) is 0 Å². The van der Waals surface area contributed by atoms with Crippen LogP contribution in [0, 0.1) is 5.92 Å². The quantitative estimate of drug-likeness (QED) is 0.539. The van der Waals surface area contributed by atoms with E-state index in [0.717, 1.165) is 5.56 Å². The molecule has 2 atom stereocenters. The number of amides is 1. The fraction of sp³-hybridized carbons (Fsp3) is 0.348. The van der Waals surface area contributed by atoms with E-state index < -0.39 is 11.9 Å². The predicted molar refractivity (Wildman–Crippen MR) is 107 cm³/mol. The zero-order valence-electron chi connectivity index (χ0n) is 16.7. The van der Waals surface area contributed by atoms with Crippen LogP contribution in [0.15, 0.2) is 48.5 Å². The van der Waals surface area contributed by atoms with Crippen molar-refractivity contribution < 1.29 is 28.6 Å². The summed E-state index contributed by atoms with van der Waals surface area (Å²) in [7, 11) is 0. The number of rotatable bonds is 6. The third kappa shape index (κ3) is 4.15. The summed E-state index contributed by atoms with van der Waals surface area (Å²) in [4.78, 5) is 39.0. The molecular formula is C23H23NO6. The van der Waals surface area contributed by atoms with E-state index >= 15 is 0 Å². The number of likely N-dealkylation sites (tertiary alicyclic amines) is 1. The summed E-state index contributed by atoms with van der Waals surface area (Å²) in [6, 6.07) is 14.4. The lowest BCUT2D eigenvalue weighted by atomic mass is 10.1. The summed E-state index contributed by atoms with van der Waals surface area (Å²) in [5, 5.41) is 0. The van der Waals surface area contributed by atoms with Gasteiger partial charge in [-0.25, -0.2) is 0 Å². The largest absolute Gasteiger partial charge is 0.486 e. The van der Waals surface area contributed by atoms with E-state index in [1.165, 1.54) is 0 Å². The average molecular weight is 409 g/mol. The topological polar surface area (TPSA) is 82.1 Å². The first kappa shape index (κ1) is 19.9. The molecule has 0 N–H and O–H groups in total. The van der Waals surface area contributed by atoms with Crippen LogP contribution in [0.1, 0.15) is 35.3 Å². The molecule has 0 saturated carbocycles.